The van der Waals surface area contributed by atoms with Gasteiger partial charge in [0.2, 0.25) is 11.8 Å². The maximum atomic E-state index is 12.9. The van der Waals surface area contributed by atoms with Crippen LogP contribution < -0.4 is 15.5 Å². The van der Waals surface area contributed by atoms with E-state index in [1.807, 2.05) is 0 Å². The molecular weight excluding hydrogens is 359 g/mol. The van der Waals surface area contributed by atoms with Gasteiger partial charge in [-0.1, -0.05) is 19.8 Å². The van der Waals surface area contributed by atoms with Crippen LogP contribution in [0.2, 0.25) is 0 Å². The van der Waals surface area contributed by atoms with Gasteiger partial charge in [-0.05, 0) is 43.9 Å². The zero-order chi connectivity index (χ0) is 19.8. The third kappa shape index (κ3) is 4.26. The molecule has 0 radical (unpaired) electrons. The lowest BCUT2D eigenvalue weighted by molar-refractivity contribution is -0.137. The molecule has 3 rings (SSSR count). The molecule has 3 atom stereocenters. The lowest BCUT2D eigenvalue weighted by atomic mass is 9.85. The van der Waals surface area contributed by atoms with Crippen molar-refractivity contribution >= 4 is 23.2 Å². The molecule has 3 unspecified atom stereocenters. The van der Waals surface area contributed by atoms with E-state index >= 15 is 0 Å². The number of fused-ring (bicyclic) bond motifs is 1. The Kier molecular flexibility index (Phi) is 5.46. The second kappa shape index (κ2) is 7.50. The minimum Gasteiger partial charge on any atom is -0.323 e. The molecular formula is C19H24F3N3O2. The minimum absolute atomic E-state index is 0.00709. The molecule has 2 amide bonds. The molecule has 148 valence electrons. The summed E-state index contributed by atoms with van der Waals surface area (Å²) in [5, 5.41) is 5.78. The Morgan fingerprint density at radius 1 is 1.30 bits per heavy atom. The first-order valence-electron chi connectivity index (χ1n) is 9.25. The van der Waals surface area contributed by atoms with Crippen LogP contribution in [0.1, 0.15) is 45.1 Å². The first-order chi connectivity index (χ1) is 12.7. The molecule has 2 N–H and O–H groups in total. The third-order valence-corrected chi connectivity index (χ3v) is 5.40. The number of hydrogen-bond donors (Lipinski definition) is 2. The van der Waals surface area contributed by atoms with Gasteiger partial charge in [0, 0.05) is 6.04 Å². The van der Waals surface area contributed by atoms with Gasteiger partial charge in [0.1, 0.15) is 6.54 Å². The normalized spacial score (nSPS) is 24.2. The highest BCUT2D eigenvalue weighted by Crippen LogP contribution is 2.37. The number of carbonyl (C=O) groups excluding carboxylic acids is 2. The van der Waals surface area contributed by atoms with Crippen LogP contribution in [-0.4, -0.2) is 30.4 Å². The van der Waals surface area contributed by atoms with E-state index in [9.17, 15) is 22.8 Å². The average Bonchev–Trinajstić information content (AvgIpc) is 2.61. The van der Waals surface area contributed by atoms with E-state index in [2.05, 4.69) is 17.6 Å². The molecule has 1 aromatic carbocycles. The molecule has 8 heteroatoms. The minimum atomic E-state index is -4.52. The Bertz CT molecular complexity index is 735. The van der Waals surface area contributed by atoms with Gasteiger partial charge < -0.3 is 10.6 Å². The molecule has 0 spiro atoms. The average molecular weight is 383 g/mol. The summed E-state index contributed by atoms with van der Waals surface area (Å²) in [6.07, 6.45) is -0.127. The van der Waals surface area contributed by atoms with Gasteiger partial charge >= 0.3 is 6.18 Å². The smallest absolute Gasteiger partial charge is 0.323 e. The molecule has 27 heavy (non-hydrogen) atoms. The standard InChI is InChI=1S/C19H24F3N3O2/c1-11-5-3-4-6-14(11)23-12(2)18(27)25-10-17(26)24-15-9-13(19(20,21)22)7-8-16(15)25/h7-9,11-12,14,23H,3-6,10H2,1-2H3,(H,24,26). The van der Waals surface area contributed by atoms with Crippen molar-refractivity contribution in [3.63, 3.8) is 0 Å². The fourth-order valence-corrected chi connectivity index (χ4v) is 3.85. The van der Waals surface area contributed by atoms with Gasteiger partial charge in [0.15, 0.2) is 0 Å². The summed E-state index contributed by atoms with van der Waals surface area (Å²) in [6, 6.07) is 2.73. The van der Waals surface area contributed by atoms with Crippen LogP contribution >= 0.6 is 0 Å². The number of alkyl halides is 3. The fraction of sp³-hybridized carbons (Fsp3) is 0.579. The highest BCUT2D eigenvalue weighted by molar-refractivity contribution is 6.11. The molecule has 0 bridgehead atoms. The van der Waals surface area contributed by atoms with Crippen molar-refractivity contribution in [1.29, 1.82) is 0 Å². The largest absolute Gasteiger partial charge is 0.416 e. The summed E-state index contributed by atoms with van der Waals surface area (Å²) < 4.78 is 38.8. The predicted molar refractivity (Wildman–Crippen MR) is 96.4 cm³/mol. The van der Waals surface area contributed by atoms with Crippen molar-refractivity contribution in [2.75, 3.05) is 16.8 Å². The van der Waals surface area contributed by atoms with Crippen LogP contribution in [0.5, 0.6) is 0 Å². The molecule has 1 aliphatic heterocycles. The van der Waals surface area contributed by atoms with Crippen molar-refractivity contribution in [3.05, 3.63) is 23.8 Å². The van der Waals surface area contributed by atoms with Crippen LogP contribution in [0.15, 0.2) is 18.2 Å². The monoisotopic (exact) mass is 383 g/mol. The van der Waals surface area contributed by atoms with Crippen LogP contribution in [0.3, 0.4) is 0 Å². The maximum Gasteiger partial charge on any atom is 0.416 e. The van der Waals surface area contributed by atoms with Crippen molar-refractivity contribution in [2.24, 2.45) is 5.92 Å². The first kappa shape index (κ1) is 19.7. The molecule has 1 heterocycles. The van der Waals surface area contributed by atoms with Gasteiger partial charge in [0.05, 0.1) is 23.0 Å². The van der Waals surface area contributed by atoms with Gasteiger partial charge in [-0.25, -0.2) is 0 Å². The van der Waals surface area contributed by atoms with Crippen molar-refractivity contribution in [1.82, 2.24) is 5.32 Å². The Morgan fingerprint density at radius 3 is 2.67 bits per heavy atom. The molecule has 0 aromatic heterocycles. The summed E-state index contributed by atoms with van der Waals surface area (Å²) in [6.45, 7) is 3.68. The summed E-state index contributed by atoms with van der Waals surface area (Å²) in [5.41, 5.74) is -0.566. The number of benzene rings is 1. The Hall–Kier alpha value is -2.09. The highest BCUT2D eigenvalue weighted by Gasteiger charge is 2.35. The summed E-state index contributed by atoms with van der Waals surface area (Å²) in [7, 11) is 0. The fourth-order valence-electron chi connectivity index (χ4n) is 3.85. The molecule has 1 aromatic rings. The van der Waals surface area contributed by atoms with E-state index in [1.54, 1.807) is 6.92 Å². The van der Waals surface area contributed by atoms with Gasteiger partial charge in [-0.15, -0.1) is 0 Å². The highest BCUT2D eigenvalue weighted by atomic mass is 19.4. The summed E-state index contributed by atoms with van der Waals surface area (Å²) in [5.74, 6) is -0.364. The van der Waals surface area contributed by atoms with Gasteiger partial charge in [-0.2, -0.15) is 13.2 Å². The van der Waals surface area contributed by atoms with E-state index in [-0.39, 0.29) is 29.9 Å². The van der Waals surface area contributed by atoms with Crippen LogP contribution in [0.25, 0.3) is 0 Å². The number of rotatable bonds is 3. The van der Waals surface area contributed by atoms with Crippen LogP contribution in [-0.2, 0) is 15.8 Å². The van der Waals surface area contributed by atoms with E-state index < -0.39 is 23.7 Å². The van der Waals surface area contributed by atoms with Crippen molar-refractivity contribution in [2.45, 2.75) is 57.8 Å². The zero-order valence-electron chi connectivity index (χ0n) is 15.4. The van der Waals surface area contributed by atoms with Crippen LogP contribution in [0.4, 0.5) is 24.5 Å². The van der Waals surface area contributed by atoms with Crippen molar-refractivity contribution < 1.29 is 22.8 Å². The molecule has 2 aliphatic rings. The van der Waals surface area contributed by atoms with Gasteiger partial charge in [0.25, 0.3) is 0 Å². The second-order valence-corrected chi connectivity index (χ2v) is 7.46. The second-order valence-electron chi connectivity index (χ2n) is 7.46. The third-order valence-electron chi connectivity index (χ3n) is 5.40. The Balaban J connectivity index is 1.80. The summed E-state index contributed by atoms with van der Waals surface area (Å²) in [4.78, 5) is 26.2. The van der Waals surface area contributed by atoms with Crippen LogP contribution in [0, 0.1) is 5.92 Å². The Morgan fingerprint density at radius 2 is 2.00 bits per heavy atom. The predicted octanol–water partition coefficient (Wildman–Crippen LogP) is 3.55. The molecule has 5 nitrogen and oxygen atoms in total. The molecule has 1 fully saturated rings. The zero-order valence-corrected chi connectivity index (χ0v) is 15.4. The molecule has 0 saturated heterocycles. The van der Waals surface area contributed by atoms with Gasteiger partial charge in [-0.3, -0.25) is 14.5 Å². The number of carbonyl (C=O) groups is 2. The lowest BCUT2D eigenvalue weighted by Crippen LogP contribution is -2.53. The van der Waals surface area contributed by atoms with E-state index in [0.29, 0.717) is 5.92 Å². The lowest BCUT2D eigenvalue weighted by Gasteiger charge is -2.35. The molecule has 1 aliphatic carbocycles. The van der Waals surface area contributed by atoms with E-state index in [0.717, 1.165) is 31.4 Å². The number of nitrogens with zero attached hydrogens (tertiary/aromatic N) is 1. The molecule has 1 saturated carbocycles. The SMILES string of the molecule is CC(NC1CCCCC1C)C(=O)N1CC(=O)Nc2cc(C(F)(F)F)ccc21. The number of hydrogen-bond acceptors (Lipinski definition) is 3. The van der Waals surface area contributed by atoms with Crippen molar-refractivity contribution in [3.8, 4) is 0 Å². The number of amides is 2. The van der Waals surface area contributed by atoms with E-state index in [4.69, 9.17) is 0 Å². The number of anilines is 2. The topological polar surface area (TPSA) is 61.4 Å². The summed E-state index contributed by atoms with van der Waals surface area (Å²) >= 11 is 0. The number of nitrogens with one attached hydrogen (secondary N) is 2. The number of halogens is 3. The quantitative estimate of drug-likeness (QED) is 0.839. The van der Waals surface area contributed by atoms with E-state index in [1.165, 1.54) is 17.4 Å². The Labute approximate surface area is 156 Å². The first-order valence-corrected chi connectivity index (χ1v) is 9.25. The maximum absolute atomic E-state index is 12.9.